The molecule has 2 heterocycles. The molecule has 1 N–H and O–H groups in total. The van der Waals surface area contributed by atoms with Crippen molar-refractivity contribution >= 4 is 64.1 Å². The summed E-state index contributed by atoms with van der Waals surface area (Å²) in [5, 5.41) is 2.96. The van der Waals surface area contributed by atoms with E-state index in [1.165, 1.54) is 12.1 Å². The second kappa shape index (κ2) is 7.80. The van der Waals surface area contributed by atoms with Crippen LogP contribution in [0.5, 0.6) is 0 Å². The molecule has 0 radical (unpaired) electrons. The van der Waals surface area contributed by atoms with Gasteiger partial charge >= 0.3 is 6.03 Å². The summed E-state index contributed by atoms with van der Waals surface area (Å²) >= 11 is 12.6. The van der Waals surface area contributed by atoms with Gasteiger partial charge < -0.3 is 4.90 Å². The lowest BCUT2D eigenvalue weighted by molar-refractivity contribution is -0.122. The Kier molecular flexibility index (Phi) is 5.39. The van der Waals surface area contributed by atoms with Gasteiger partial charge in [-0.25, -0.2) is 9.69 Å². The minimum Gasteiger partial charge on any atom is -0.365 e. The molecule has 0 bridgehead atoms. The zero-order chi connectivity index (χ0) is 23.4. The lowest BCUT2D eigenvalue weighted by Gasteiger charge is -2.40. The Bertz CT molecular complexity index is 1250. The maximum Gasteiger partial charge on any atom is 0.335 e. The molecular weight excluding hydrogens is 449 g/mol. The molecule has 2 aliphatic rings. The Hall–Kier alpha value is -3.09. The highest BCUT2D eigenvalue weighted by Crippen LogP contribution is 2.41. The van der Waals surface area contributed by atoms with Crippen LogP contribution in [0.3, 0.4) is 0 Å². The predicted octanol–water partition coefficient (Wildman–Crippen LogP) is 5.29. The van der Waals surface area contributed by atoms with E-state index in [0.717, 1.165) is 21.7 Å². The molecule has 6 nitrogen and oxygen atoms in total. The van der Waals surface area contributed by atoms with Crippen molar-refractivity contribution in [3.63, 3.8) is 0 Å². The number of hydrogen-bond donors (Lipinski definition) is 1. The van der Waals surface area contributed by atoms with Crippen molar-refractivity contribution in [3.8, 4) is 0 Å². The van der Waals surface area contributed by atoms with E-state index in [1.54, 1.807) is 18.2 Å². The van der Waals surface area contributed by atoms with Gasteiger partial charge in [0.25, 0.3) is 11.8 Å². The number of likely N-dealkylation sites (N-methyl/N-ethyl adjacent to an activating group) is 1. The number of hydrogen-bond acceptors (Lipinski definition) is 4. The van der Waals surface area contributed by atoms with Crippen molar-refractivity contribution in [1.29, 1.82) is 0 Å². The Morgan fingerprint density at radius 2 is 1.78 bits per heavy atom. The van der Waals surface area contributed by atoms with E-state index in [9.17, 15) is 14.4 Å². The first-order valence-corrected chi connectivity index (χ1v) is 10.7. The van der Waals surface area contributed by atoms with Crippen LogP contribution in [0.2, 0.25) is 10.0 Å². The van der Waals surface area contributed by atoms with Gasteiger partial charge in [0.2, 0.25) is 0 Å². The number of benzene rings is 2. The van der Waals surface area contributed by atoms with Crippen molar-refractivity contribution in [3.05, 3.63) is 69.2 Å². The van der Waals surface area contributed by atoms with Gasteiger partial charge in [0.05, 0.1) is 11.2 Å². The van der Waals surface area contributed by atoms with E-state index in [1.807, 2.05) is 26.1 Å². The Morgan fingerprint density at radius 1 is 1.06 bits per heavy atom. The molecule has 2 aliphatic heterocycles. The van der Waals surface area contributed by atoms with Crippen LogP contribution in [0.15, 0.2) is 48.0 Å². The largest absolute Gasteiger partial charge is 0.365 e. The molecule has 2 aromatic carbocycles. The molecule has 1 fully saturated rings. The number of carbonyl (C=O) groups excluding carboxylic acids is 3. The SMILES string of the molecule is CC1=CC(C)(C)N(C)c2cc(Cl)c(/C=C3\C(=O)NC(=O)N(c4cccc(Cl)c4)C3=O)cc21. The van der Waals surface area contributed by atoms with Crippen molar-refractivity contribution in [2.75, 3.05) is 16.8 Å². The number of rotatable bonds is 2. The number of amides is 4. The number of imide groups is 2. The summed E-state index contributed by atoms with van der Waals surface area (Å²) in [5.41, 5.74) is 3.36. The van der Waals surface area contributed by atoms with Crippen LogP contribution in [0, 0.1) is 0 Å². The lowest BCUT2D eigenvalue weighted by atomic mass is 9.88. The summed E-state index contributed by atoms with van der Waals surface area (Å²) in [7, 11) is 1.99. The highest BCUT2D eigenvalue weighted by atomic mass is 35.5. The second-order valence-corrected chi connectivity index (χ2v) is 9.21. The number of barbiturate groups is 1. The van der Waals surface area contributed by atoms with Crippen molar-refractivity contribution in [1.82, 2.24) is 5.32 Å². The van der Waals surface area contributed by atoms with E-state index >= 15 is 0 Å². The number of nitrogens with zero attached hydrogens (tertiary/aromatic N) is 2. The minimum atomic E-state index is -0.835. The van der Waals surface area contributed by atoms with Crippen molar-refractivity contribution in [2.45, 2.75) is 26.3 Å². The van der Waals surface area contributed by atoms with Crippen molar-refractivity contribution in [2.24, 2.45) is 0 Å². The molecule has 0 atom stereocenters. The summed E-state index contributed by atoms with van der Waals surface area (Å²) in [5.74, 6) is -1.53. The van der Waals surface area contributed by atoms with Crippen LogP contribution < -0.4 is 15.1 Å². The molecule has 0 aromatic heterocycles. The molecule has 0 spiro atoms. The Morgan fingerprint density at radius 3 is 2.47 bits per heavy atom. The standard InChI is InChI=1S/C24H21Cl2N3O3/c1-13-12-24(2,3)28(4)20-11-19(26)14(8-17(13)20)9-18-21(30)27-23(32)29(22(18)31)16-7-5-6-15(25)10-16/h5-12H,1-4H3,(H,27,30,32)/b18-9+. The molecule has 0 aliphatic carbocycles. The smallest absolute Gasteiger partial charge is 0.335 e. The van der Waals surface area contributed by atoms with Crippen LogP contribution in [-0.2, 0) is 9.59 Å². The molecule has 164 valence electrons. The van der Waals surface area contributed by atoms with Crippen LogP contribution in [0.4, 0.5) is 16.2 Å². The lowest BCUT2D eigenvalue weighted by Crippen LogP contribution is -2.54. The van der Waals surface area contributed by atoms with Gasteiger partial charge in [0, 0.05) is 28.3 Å². The maximum atomic E-state index is 13.1. The molecule has 0 unspecified atom stereocenters. The van der Waals surface area contributed by atoms with E-state index in [0.29, 0.717) is 15.6 Å². The topological polar surface area (TPSA) is 69.7 Å². The molecule has 1 saturated heterocycles. The van der Waals surface area contributed by atoms with E-state index < -0.39 is 17.8 Å². The molecule has 8 heteroatoms. The normalized spacial score (nSPS) is 19.1. The fourth-order valence-electron chi connectivity index (χ4n) is 3.96. The first-order chi connectivity index (χ1) is 15.0. The zero-order valence-electron chi connectivity index (χ0n) is 18.0. The number of halogens is 2. The minimum absolute atomic E-state index is 0.183. The highest BCUT2D eigenvalue weighted by Gasteiger charge is 2.37. The van der Waals surface area contributed by atoms with Crippen LogP contribution in [-0.4, -0.2) is 30.4 Å². The second-order valence-electron chi connectivity index (χ2n) is 8.37. The quantitative estimate of drug-likeness (QED) is 0.478. The summed E-state index contributed by atoms with van der Waals surface area (Å²) in [6.07, 6.45) is 3.56. The van der Waals surface area contributed by atoms with E-state index in [2.05, 4.69) is 30.1 Å². The Labute approximate surface area is 196 Å². The number of fused-ring (bicyclic) bond motifs is 1. The summed E-state index contributed by atoms with van der Waals surface area (Å²) in [6.45, 7) is 6.22. The monoisotopic (exact) mass is 469 g/mol. The molecule has 0 saturated carbocycles. The molecule has 2 aromatic rings. The van der Waals surface area contributed by atoms with Gasteiger partial charge in [-0.1, -0.05) is 35.3 Å². The number of nitrogens with one attached hydrogen (secondary N) is 1. The average molecular weight is 470 g/mol. The number of anilines is 2. The summed E-state index contributed by atoms with van der Waals surface area (Å²) in [6, 6.07) is 9.12. The third-order valence-corrected chi connectivity index (χ3v) is 6.37. The van der Waals surface area contributed by atoms with E-state index in [4.69, 9.17) is 23.2 Å². The summed E-state index contributed by atoms with van der Waals surface area (Å²) < 4.78 is 0. The van der Waals surface area contributed by atoms with Crippen molar-refractivity contribution < 1.29 is 14.4 Å². The molecule has 4 amide bonds. The Balaban J connectivity index is 1.80. The summed E-state index contributed by atoms with van der Waals surface area (Å²) in [4.78, 5) is 41.1. The van der Waals surface area contributed by atoms with Gasteiger partial charge in [-0.15, -0.1) is 0 Å². The van der Waals surface area contributed by atoms with Gasteiger partial charge in [-0.2, -0.15) is 0 Å². The highest BCUT2D eigenvalue weighted by molar-refractivity contribution is 6.40. The van der Waals surface area contributed by atoms with Gasteiger partial charge in [-0.05, 0) is 68.3 Å². The predicted molar refractivity (Wildman–Crippen MR) is 128 cm³/mol. The average Bonchev–Trinajstić information content (AvgIpc) is 2.69. The number of allylic oxidation sites excluding steroid dienone is 1. The fraction of sp³-hybridized carbons (Fsp3) is 0.208. The van der Waals surface area contributed by atoms with Crippen LogP contribution in [0.25, 0.3) is 11.6 Å². The van der Waals surface area contributed by atoms with Crippen LogP contribution in [0.1, 0.15) is 31.9 Å². The van der Waals surface area contributed by atoms with Gasteiger partial charge in [0.15, 0.2) is 0 Å². The number of urea groups is 1. The third kappa shape index (κ3) is 3.70. The molecular formula is C24H21Cl2N3O3. The van der Waals surface area contributed by atoms with Crippen LogP contribution >= 0.6 is 23.2 Å². The van der Waals surface area contributed by atoms with E-state index in [-0.39, 0.29) is 16.8 Å². The molecule has 32 heavy (non-hydrogen) atoms. The third-order valence-electron chi connectivity index (χ3n) is 5.80. The maximum absolute atomic E-state index is 13.1. The fourth-order valence-corrected chi connectivity index (χ4v) is 4.36. The molecule has 4 rings (SSSR count). The zero-order valence-corrected chi connectivity index (χ0v) is 19.5. The first-order valence-electron chi connectivity index (χ1n) is 9.94. The first kappa shape index (κ1) is 22.1. The van der Waals surface area contributed by atoms with Gasteiger partial charge in [0.1, 0.15) is 5.57 Å². The number of carbonyl (C=O) groups is 3. The van der Waals surface area contributed by atoms with Gasteiger partial charge in [-0.3, -0.25) is 14.9 Å².